The van der Waals surface area contributed by atoms with Gasteiger partial charge in [-0.25, -0.2) is 0 Å². The molecule has 4 heteroatoms. The largest absolute Gasteiger partial charge is 0.341 e. The molecule has 0 bridgehead atoms. The smallest absolute Gasteiger partial charge is 0.239 e. The molecule has 1 saturated carbocycles. The van der Waals surface area contributed by atoms with Gasteiger partial charge >= 0.3 is 0 Å². The highest BCUT2D eigenvalue weighted by Crippen LogP contribution is 2.30. The van der Waals surface area contributed by atoms with Crippen LogP contribution in [0.1, 0.15) is 31.2 Å². The normalized spacial score (nSPS) is 21.5. The zero-order valence-electron chi connectivity index (χ0n) is 12.4. The molecular formula is C17H23ClN2O. The predicted octanol–water partition coefficient (Wildman–Crippen LogP) is 2.87. The Morgan fingerprint density at radius 2 is 2.00 bits per heavy atom. The second-order valence-electron chi connectivity index (χ2n) is 6.25. The number of benzene rings is 1. The summed E-state index contributed by atoms with van der Waals surface area (Å²) in [6, 6.07) is 7.99. The van der Waals surface area contributed by atoms with Crippen molar-refractivity contribution in [2.24, 2.45) is 5.92 Å². The Labute approximate surface area is 131 Å². The van der Waals surface area contributed by atoms with Crippen LogP contribution in [0.5, 0.6) is 0 Å². The number of halogens is 1. The Hall–Kier alpha value is -1.06. The summed E-state index contributed by atoms with van der Waals surface area (Å²) >= 11 is 5.92. The van der Waals surface area contributed by atoms with E-state index in [1.165, 1.54) is 18.4 Å². The fourth-order valence-electron chi connectivity index (χ4n) is 2.93. The number of carbonyl (C=O) groups excluding carboxylic acids is 1. The summed E-state index contributed by atoms with van der Waals surface area (Å²) in [5, 5.41) is 4.09. The van der Waals surface area contributed by atoms with Gasteiger partial charge in [-0.1, -0.05) is 23.7 Å². The Morgan fingerprint density at radius 3 is 2.62 bits per heavy atom. The Kier molecular flexibility index (Phi) is 4.81. The second-order valence-corrected chi connectivity index (χ2v) is 6.69. The van der Waals surface area contributed by atoms with Crippen molar-refractivity contribution in [1.82, 2.24) is 10.2 Å². The summed E-state index contributed by atoms with van der Waals surface area (Å²) in [4.78, 5) is 14.7. The van der Waals surface area contributed by atoms with Gasteiger partial charge in [-0.3, -0.25) is 4.79 Å². The van der Waals surface area contributed by atoms with Crippen molar-refractivity contribution in [2.75, 3.05) is 19.6 Å². The monoisotopic (exact) mass is 306 g/mol. The predicted molar refractivity (Wildman–Crippen MR) is 85.5 cm³/mol. The van der Waals surface area contributed by atoms with Crippen molar-refractivity contribution in [3.05, 3.63) is 34.9 Å². The maximum absolute atomic E-state index is 12.6. The van der Waals surface area contributed by atoms with Crippen LogP contribution >= 0.6 is 11.6 Å². The van der Waals surface area contributed by atoms with E-state index in [0.29, 0.717) is 5.91 Å². The van der Waals surface area contributed by atoms with Crippen LogP contribution < -0.4 is 5.32 Å². The maximum Gasteiger partial charge on any atom is 0.239 e. The molecule has 1 amide bonds. The molecule has 1 aromatic carbocycles. The van der Waals surface area contributed by atoms with Crippen molar-refractivity contribution < 1.29 is 4.79 Å². The topological polar surface area (TPSA) is 32.3 Å². The van der Waals surface area contributed by atoms with Gasteiger partial charge in [0.05, 0.1) is 6.04 Å². The molecule has 0 radical (unpaired) electrons. The van der Waals surface area contributed by atoms with Crippen LogP contribution in [0.3, 0.4) is 0 Å². The van der Waals surface area contributed by atoms with Gasteiger partial charge in [-0.15, -0.1) is 0 Å². The van der Waals surface area contributed by atoms with E-state index in [1.54, 1.807) is 0 Å². The third-order valence-electron chi connectivity index (χ3n) is 4.43. The van der Waals surface area contributed by atoms with Crippen LogP contribution in [0.15, 0.2) is 24.3 Å². The van der Waals surface area contributed by atoms with E-state index in [1.807, 2.05) is 12.1 Å². The minimum Gasteiger partial charge on any atom is -0.341 e. The molecular weight excluding hydrogens is 284 g/mol. The fraction of sp³-hybridized carbons (Fsp3) is 0.588. The number of hydrogen-bond acceptors (Lipinski definition) is 2. The van der Waals surface area contributed by atoms with Crippen molar-refractivity contribution in [1.29, 1.82) is 0 Å². The number of nitrogens with zero attached hydrogens (tertiary/aromatic N) is 1. The number of amides is 1. The summed E-state index contributed by atoms with van der Waals surface area (Å²) in [5.41, 5.74) is 1.24. The summed E-state index contributed by atoms with van der Waals surface area (Å²) in [6.45, 7) is 2.73. The van der Waals surface area contributed by atoms with E-state index in [0.717, 1.165) is 49.8 Å². The van der Waals surface area contributed by atoms with E-state index in [2.05, 4.69) is 22.3 Å². The van der Waals surface area contributed by atoms with Gasteiger partial charge in [-0.05, 0) is 62.3 Å². The van der Waals surface area contributed by atoms with Crippen LogP contribution in [-0.2, 0) is 11.2 Å². The second kappa shape index (κ2) is 6.80. The fourth-order valence-corrected chi connectivity index (χ4v) is 3.06. The molecule has 1 aromatic rings. The number of nitrogens with one attached hydrogen (secondary N) is 1. The zero-order chi connectivity index (χ0) is 14.7. The average molecular weight is 307 g/mol. The van der Waals surface area contributed by atoms with Crippen LogP contribution in [0.4, 0.5) is 0 Å². The van der Waals surface area contributed by atoms with Crippen LogP contribution in [0, 0.1) is 5.92 Å². The first-order valence-electron chi connectivity index (χ1n) is 7.99. The van der Waals surface area contributed by atoms with Crippen molar-refractivity contribution >= 4 is 17.5 Å². The zero-order valence-corrected chi connectivity index (χ0v) is 13.1. The first kappa shape index (κ1) is 14.9. The molecule has 3 nitrogen and oxygen atoms in total. The molecule has 0 spiro atoms. The van der Waals surface area contributed by atoms with E-state index in [9.17, 15) is 4.79 Å². The first-order valence-corrected chi connectivity index (χ1v) is 8.37. The minimum absolute atomic E-state index is 0.0500. The molecule has 1 aliphatic heterocycles. The third-order valence-corrected chi connectivity index (χ3v) is 4.68. The maximum atomic E-state index is 12.6. The van der Waals surface area contributed by atoms with Gasteiger partial charge in [0.1, 0.15) is 0 Å². The van der Waals surface area contributed by atoms with Gasteiger partial charge < -0.3 is 10.2 Å². The Bertz CT molecular complexity index is 478. The lowest BCUT2D eigenvalue weighted by molar-refractivity contribution is -0.133. The van der Waals surface area contributed by atoms with Crippen LogP contribution in [-0.4, -0.2) is 36.5 Å². The van der Waals surface area contributed by atoms with E-state index < -0.39 is 0 Å². The lowest BCUT2D eigenvalue weighted by atomic mass is 10.1. The molecule has 0 aromatic heterocycles. The molecule has 1 aliphatic carbocycles. The Balaban J connectivity index is 1.58. The van der Waals surface area contributed by atoms with Gasteiger partial charge in [-0.2, -0.15) is 0 Å². The summed E-state index contributed by atoms with van der Waals surface area (Å²) in [7, 11) is 0. The lowest BCUT2D eigenvalue weighted by Crippen LogP contribution is -2.45. The molecule has 1 N–H and O–H groups in total. The summed E-state index contributed by atoms with van der Waals surface area (Å²) < 4.78 is 0. The highest BCUT2D eigenvalue weighted by Gasteiger charge is 2.31. The molecule has 1 heterocycles. The molecule has 1 unspecified atom stereocenters. The highest BCUT2D eigenvalue weighted by molar-refractivity contribution is 6.30. The van der Waals surface area contributed by atoms with Crippen molar-refractivity contribution in [3.8, 4) is 0 Å². The molecule has 3 rings (SSSR count). The summed E-state index contributed by atoms with van der Waals surface area (Å²) in [6.07, 6.45) is 5.57. The van der Waals surface area contributed by atoms with Crippen LogP contribution in [0.25, 0.3) is 0 Å². The molecule has 1 atom stereocenters. The van der Waals surface area contributed by atoms with Gasteiger partial charge in [0, 0.05) is 18.1 Å². The molecule has 114 valence electrons. The first-order chi connectivity index (χ1) is 10.2. The minimum atomic E-state index is 0.0500. The average Bonchev–Trinajstić information content (AvgIpc) is 3.14. The van der Waals surface area contributed by atoms with E-state index >= 15 is 0 Å². The number of hydrogen-bond donors (Lipinski definition) is 1. The molecule has 1 saturated heterocycles. The van der Waals surface area contributed by atoms with Crippen molar-refractivity contribution in [3.63, 3.8) is 0 Å². The lowest BCUT2D eigenvalue weighted by Gasteiger charge is -2.26. The summed E-state index contributed by atoms with van der Waals surface area (Å²) in [5.74, 6) is 1.04. The number of carbonyl (C=O) groups is 1. The quantitative estimate of drug-likeness (QED) is 0.876. The SMILES string of the molecule is O=C(C1CCCN1)N(CCc1ccc(Cl)cc1)CC1CC1. The molecule has 21 heavy (non-hydrogen) atoms. The highest BCUT2D eigenvalue weighted by atomic mass is 35.5. The third kappa shape index (κ3) is 4.21. The van der Waals surface area contributed by atoms with Gasteiger partial charge in [0.2, 0.25) is 5.91 Å². The molecule has 2 fully saturated rings. The van der Waals surface area contributed by atoms with Crippen molar-refractivity contribution in [2.45, 2.75) is 38.1 Å². The molecule has 2 aliphatic rings. The Morgan fingerprint density at radius 1 is 1.24 bits per heavy atom. The van der Waals surface area contributed by atoms with Gasteiger partial charge in [0.25, 0.3) is 0 Å². The van der Waals surface area contributed by atoms with Crippen LogP contribution in [0.2, 0.25) is 5.02 Å². The van der Waals surface area contributed by atoms with Gasteiger partial charge in [0.15, 0.2) is 0 Å². The van der Waals surface area contributed by atoms with E-state index in [-0.39, 0.29) is 6.04 Å². The standard InChI is InChI=1S/C17H23ClN2O/c18-15-7-5-13(6-8-15)9-11-20(12-14-3-4-14)17(21)16-2-1-10-19-16/h5-8,14,16,19H,1-4,9-12H2. The number of rotatable bonds is 6. The van der Waals surface area contributed by atoms with E-state index in [4.69, 9.17) is 11.6 Å².